The van der Waals surface area contributed by atoms with Crippen LogP contribution >= 0.6 is 11.6 Å². The first-order chi connectivity index (χ1) is 20.1. The number of anilines is 1. The number of benzene rings is 2. The topological polar surface area (TPSA) is 125 Å². The number of nitrogens with one attached hydrogen (secondary N) is 2. The lowest BCUT2D eigenvalue weighted by Crippen LogP contribution is -2.56. The molecule has 4 N–H and O–H groups in total. The summed E-state index contributed by atoms with van der Waals surface area (Å²) in [6.07, 6.45) is 3.67. The van der Waals surface area contributed by atoms with Crippen molar-refractivity contribution in [2.45, 2.75) is 96.4 Å². The molecule has 0 aliphatic carbocycles. The number of carbonyl (C=O) groups excluding carboxylic acids is 4. The van der Waals surface area contributed by atoms with Crippen molar-refractivity contribution < 1.29 is 19.2 Å². The molecule has 2 aromatic rings. The number of nitrogens with zero attached hydrogens (tertiary/aromatic N) is 2. The van der Waals surface area contributed by atoms with Crippen LogP contribution in [-0.2, 0) is 32.1 Å². The molecule has 0 unspecified atom stereocenters. The van der Waals surface area contributed by atoms with Gasteiger partial charge < -0.3 is 26.2 Å². The van der Waals surface area contributed by atoms with Crippen molar-refractivity contribution in [1.82, 2.24) is 15.1 Å². The van der Waals surface area contributed by atoms with E-state index < -0.39 is 23.9 Å². The van der Waals surface area contributed by atoms with Gasteiger partial charge in [0, 0.05) is 48.6 Å². The fraction of sp³-hybridized carbons (Fsp3) is 0.500. The lowest BCUT2D eigenvalue weighted by Gasteiger charge is -2.39. The van der Waals surface area contributed by atoms with Gasteiger partial charge in [-0.2, -0.15) is 0 Å². The number of nitrogens with two attached hydrogens (primary N) is 1. The van der Waals surface area contributed by atoms with E-state index in [1.165, 1.54) is 0 Å². The van der Waals surface area contributed by atoms with Gasteiger partial charge in [-0.05, 0) is 87.9 Å². The standard InChI is InChI=1S/C32H42ClN5O4/c1-20-17-25(11-12-26(20)33)35-31(41)27(15-16-34)36-32(42)28-18-23-9-4-5-10-24(23)19-37(28)29(39)13-14-30(40)38-21(2)7-6-8-22(38)3/h4-5,9-12,17,21-22,27-28H,6-8,13-16,18-19,34H2,1-3H3,(H,35,41)(H,36,42)/t21-,22-,27-,28-/m0/s1. The van der Waals surface area contributed by atoms with E-state index in [0.29, 0.717) is 17.1 Å². The van der Waals surface area contributed by atoms with E-state index in [1.807, 2.05) is 36.1 Å². The summed E-state index contributed by atoms with van der Waals surface area (Å²) in [7, 11) is 0. The van der Waals surface area contributed by atoms with E-state index in [4.69, 9.17) is 17.3 Å². The maximum Gasteiger partial charge on any atom is 0.246 e. The zero-order valence-corrected chi connectivity index (χ0v) is 25.5. The zero-order valence-electron chi connectivity index (χ0n) is 24.7. The first-order valence-corrected chi connectivity index (χ1v) is 15.2. The lowest BCUT2D eigenvalue weighted by atomic mass is 9.92. The summed E-state index contributed by atoms with van der Waals surface area (Å²) >= 11 is 6.11. The van der Waals surface area contributed by atoms with E-state index in [-0.39, 0.29) is 56.3 Å². The number of aryl methyl sites for hydroxylation is 1. The number of likely N-dealkylation sites (tertiary alicyclic amines) is 1. The predicted octanol–water partition coefficient (Wildman–Crippen LogP) is 3.94. The molecule has 226 valence electrons. The third-order valence-electron chi connectivity index (χ3n) is 8.42. The maximum absolute atomic E-state index is 13.7. The van der Waals surface area contributed by atoms with Crippen LogP contribution in [0.3, 0.4) is 0 Å². The highest BCUT2D eigenvalue weighted by molar-refractivity contribution is 6.31. The number of amides is 4. The van der Waals surface area contributed by atoms with Gasteiger partial charge in [0.2, 0.25) is 23.6 Å². The number of fused-ring (bicyclic) bond motifs is 1. The molecule has 0 radical (unpaired) electrons. The first kappa shape index (κ1) is 31.5. The van der Waals surface area contributed by atoms with E-state index in [9.17, 15) is 19.2 Å². The Balaban J connectivity index is 1.47. The molecule has 2 aromatic carbocycles. The maximum atomic E-state index is 13.7. The van der Waals surface area contributed by atoms with Crippen molar-refractivity contribution in [1.29, 1.82) is 0 Å². The van der Waals surface area contributed by atoms with Gasteiger partial charge in [0.15, 0.2) is 0 Å². The molecular weight excluding hydrogens is 554 g/mol. The Bertz CT molecular complexity index is 1310. The molecule has 2 aliphatic heterocycles. The monoisotopic (exact) mass is 595 g/mol. The van der Waals surface area contributed by atoms with Crippen LogP contribution in [0.4, 0.5) is 5.69 Å². The average molecular weight is 596 g/mol. The van der Waals surface area contributed by atoms with Crippen LogP contribution in [0.2, 0.25) is 5.02 Å². The molecule has 4 rings (SSSR count). The van der Waals surface area contributed by atoms with E-state index in [2.05, 4.69) is 24.5 Å². The van der Waals surface area contributed by atoms with E-state index in [1.54, 1.807) is 23.1 Å². The molecule has 4 atom stereocenters. The van der Waals surface area contributed by atoms with E-state index >= 15 is 0 Å². The summed E-state index contributed by atoms with van der Waals surface area (Å²) in [4.78, 5) is 57.0. The molecular formula is C32H42ClN5O4. The molecule has 2 heterocycles. The molecule has 0 bridgehead atoms. The highest BCUT2D eigenvalue weighted by atomic mass is 35.5. The molecule has 0 spiro atoms. The van der Waals surface area contributed by atoms with Crippen molar-refractivity contribution in [3.8, 4) is 0 Å². The Morgan fingerprint density at radius 1 is 1.00 bits per heavy atom. The molecule has 9 nitrogen and oxygen atoms in total. The minimum absolute atomic E-state index is 0.0172. The molecule has 4 amide bonds. The van der Waals surface area contributed by atoms with Crippen LogP contribution in [0.25, 0.3) is 0 Å². The number of halogens is 1. The fourth-order valence-corrected chi connectivity index (χ4v) is 6.19. The van der Waals surface area contributed by atoms with Gasteiger partial charge >= 0.3 is 0 Å². The normalized spacial score (nSPS) is 20.8. The number of hydrogen-bond acceptors (Lipinski definition) is 5. The van der Waals surface area contributed by atoms with Crippen LogP contribution in [0.15, 0.2) is 42.5 Å². The van der Waals surface area contributed by atoms with Crippen molar-refractivity contribution in [3.63, 3.8) is 0 Å². The van der Waals surface area contributed by atoms with Gasteiger partial charge in [-0.15, -0.1) is 0 Å². The summed E-state index contributed by atoms with van der Waals surface area (Å²) in [5.74, 6) is -1.12. The largest absolute Gasteiger partial charge is 0.342 e. The highest BCUT2D eigenvalue weighted by Crippen LogP contribution is 2.27. The molecule has 1 saturated heterocycles. The van der Waals surface area contributed by atoms with Crippen molar-refractivity contribution in [3.05, 3.63) is 64.2 Å². The van der Waals surface area contributed by atoms with Crippen LogP contribution in [0.5, 0.6) is 0 Å². The summed E-state index contributed by atoms with van der Waals surface area (Å²) in [6.45, 7) is 6.39. The van der Waals surface area contributed by atoms with Crippen molar-refractivity contribution in [2.75, 3.05) is 11.9 Å². The fourth-order valence-electron chi connectivity index (χ4n) is 6.07. The minimum atomic E-state index is -0.892. The summed E-state index contributed by atoms with van der Waals surface area (Å²) in [5, 5.41) is 6.27. The Kier molecular flexibility index (Phi) is 10.6. The minimum Gasteiger partial charge on any atom is -0.342 e. The van der Waals surface area contributed by atoms with Gasteiger partial charge in [0.1, 0.15) is 12.1 Å². The second-order valence-corrected chi connectivity index (χ2v) is 11.9. The molecule has 42 heavy (non-hydrogen) atoms. The SMILES string of the molecule is Cc1cc(NC(=O)[C@H](CCN)NC(=O)[C@@H]2Cc3ccccc3CN2C(=O)CCC(=O)N2[C@@H](C)CCC[C@@H]2C)ccc1Cl. The predicted molar refractivity (Wildman–Crippen MR) is 164 cm³/mol. The smallest absolute Gasteiger partial charge is 0.246 e. The van der Waals surface area contributed by atoms with Crippen LogP contribution in [0, 0.1) is 6.92 Å². The van der Waals surface area contributed by atoms with Crippen molar-refractivity contribution >= 4 is 40.9 Å². The van der Waals surface area contributed by atoms with Crippen LogP contribution in [0.1, 0.15) is 69.1 Å². The Hall–Kier alpha value is -3.43. The summed E-state index contributed by atoms with van der Waals surface area (Å²) in [5.41, 5.74) is 9.11. The first-order valence-electron chi connectivity index (χ1n) is 14.8. The molecule has 0 saturated carbocycles. The van der Waals surface area contributed by atoms with Gasteiger partial charge in [0.05, 0.1) is 0 Å². The number of hydrogen-bond donors (Lipinski definition) is 3. The summed E-state index contributed by atoms with van der Waals surface area (Å²) in [6, 6.07) is 11.5. The van der Waals surface area contributed by atoms with Crippen LogP contribution in [-0.4, -0.2) is 64.1 Å². The Morgan fingerprint density at radius 3 is 2.33 bits per heavy atom. The third kappa shape index (κ3) is 7.50. The quantitative estimate of drug-likeness (QED) is 0.405. The Labute approximate surface area is 253 Å². The third-order valence-corrected chi connectivity index (χ3v) is 8.84. The number of carbonyl (C=O) groups is 4. The average Bonchev–Trinajstić information content (AvgIpc) is 2.96. The van der Waals surface area contributed by atoms with Gasteiger partial charge in [-0.25, -0.2) is 0 Å². The second-order valence-electron chi connectivity index (χ2n) is 11.5. The Morgan fingerprint density at radius 2 is 1.67 bits per heavy atom. The molecule has 2 aliphatic rings. The molecule has 10 heteroatoms. The van der Waals surface area contributed by atoms with Gasteiger partial charge in [0.25, 0.3) is 0 Å². The number of rotatable bonds is 9. The zero-order chi connectivity index (χ0) is 30.4. The molecule has 1 fully saturated rings. The summed E-state index contributed by atoms with van der Waals surface area (Å²) < 4.78 is 0. The second kappa shape index (κ2) is 14.2. The lowest BCUT2D eigenvalue weighted by molar-refractivity contribution is -0.145. The van der Waals surface area contributed by atoms with Crippen molar-refractivity contribution in [2.24, 2.45) is 5.73 Å². The van der Waals surface area contributed by atoms with Crippen LogP contribution < -0.4 is 16.4 Å². The van der Waals surface area contributed by atoms with E-state index in [0.717, 1.165) is 36.0 Å². The molecule has 0 aromatic heterocycles. The van der Waals surface area contributed by atoms with Gasteiger partial charge in [-0.3, -0.25) is 19.2 Å². The van der Waals surface area contributed by atoms with Gasteiger partial charge in [-0.1, -0.05) is 35.9 Å². The number of piperidine rings is 1. The highest BCUT2D eigenvalue weighted by Gasteiger charge is 2.37.